The highest BCUT2D eigenvalue weighted by molar-refractivity contribution is 9.10. The van der Waals surface area contributed by atoms with E-state index in [1.807, 2.05) is 30.1 Å². The van der Waals surface area contributed by atoms with Crippen LogP contribution in [0, 0.1) is 6.92 Å². The fraction of sp³-hybridized carbons (Fsp3) is 0.357. The third kappa shape index (κ3) is 3.21. The van der Waals surface area contributed by atoms with E-state index in [0.717, 1.165) is 16.7 Å². The van der Waals surface area contributed by atoms with Crippen LogP contribution in [0.3, 0.4) is 0 Å². The van der Waals surface area contributed by atoms with E-state index in [0.29, 0.717) is 6.04 Å². The Morgan fingerprint density at radius 3 is 2.78 bits per heavy atom. The number of nitrogens with one attached hydrogen (secondary N) is 1. The second-order valence-electron chi connectivity index (χ2n) is 4.77. The summed E-state index contributed by atoms with van der Waals surface area (Å²) in [5.41, 5.74) is 3.53. The average Bonchev–Trinajstić information content (AvgIpc) is 2.73. The molecule has 0 atom stereocenters. The highest BCUT2D eigenvalue weighted by Crippen LogP contribution is 2.20. The molecule has 0 aliphatic heterocycles. The standard InChI is InChI=1S/C14H18BrN3/c1-10(2)16-8-12-6-13(15)4-5-14(12)18-9-11(3)7-17-18/h4-7,9-10,16H,8H2,1-3H3. The number of halogens is 1. The van der Waals surface area contributed by atoms with Crippen molar-refractivity contribution >= 4 is 15.9 Å². The molecule has 2 aromatic rings. The summed E-state index contributed by atoms with van der Waals surface area (Å²) < 4.78 is 3.02. The minimum atomic E-state index is 0.469. The summed E-state index contributed by atoms with van der Waals surface area (Å²) in [4.78, 5) is 0. The zero-order valence-corrected chi connectivity index (χ0v) is 12.5. The summed E-state index contributed by atoms with van der Waals surface area (Å²) in [7, 11) is 0. The van der Waals surface area contributed by atoms with E-state index >= 15 is 0 Å². The topological polar surface area (TPSA) is 29.9 Å². The first-order valence-electron chi connectivity index (χ1n) is 6.09. The molecule has 1 N–H and O–H groups in total. The number of aryl methyl sites for hydroxylation is 1. The first-order chi connectivity index (χ1) is 8.56. The van der Waals surface area contributed by atoms with Crippen LogP contribution >= 0.6 is 15.9 Å². The molecule has 0 aliphatic rings. The van der Waals surface area contributed by atoms with E-state index in [1.165, 1.54) is 11.1 Å². The fourth-order valence-electron chi connectivity index (χ4n) is 1.78. The van der Waals surface area contributed by atoms with E-state index < -0.39 is 0 Å². The smallest absolute Gasteiger partial charge is 0.0691 e. The van der Waals surface area contributed by atoms with Crippen LogP contribution in [-0.2, 0) is 6.54 Å². The summed E-state index contributed by atoms with van der Waals surface area (Å²) in [5.74, 6) is 0. The molecule has 0 spiro atoms. The quantitative estimate of drug-likeness (QED) is 0.937. The second kappa shape index (κ2) is 5.67. The van der Waals surface area contributed by atoms with Crippen molar-refractivity contribution < 1.29 is 0 Å². The van der Waals surface area contributed by atoms with E-state index in [9.17, 15) is 0 Å². The molecule has 1 heterocycles. The Hall–Kier alpha value is -1.13. The molecule has 2 rings (SSSR count). The van der Waals surface area contributed by atoms with Gasteiger partial charge < -0.3 is 5.32 Å². The van der Waals surface area contributed by atoms with Gasteiger partial charge in [0.2, 0.25) is 0 Å². The van der Waals surface area contributed by atoms with Crippen LogP contribution in [0.1, 0.15) is 25.0 Å². The molecule has 0 fully saturated rings. The lowest BCUT2D eigenvalue weighted by Gasteiger charge is -2.13. The van der Waals surface area contributed by atoms with Crippen molar-refractivity contribution in [1.82, 2.24) is 15.1 Å². The van der Waals surface area contributed by atoms with Gasteiger partial charge in [0.1, 0.15) is 0 Å². The maximum absolute atomic E-state index is 4.38. The predicted molar refractivity (Wildman–Crippen MR) is 78.0 cm³/mol. The monoisotopic (exact) mass is 307 g/mol. The van der Waals surface area contributed by atoms with Crippen LogP contribution < -0.4 is 5.32 Å². The van der Waals surface area contributed by atoms with Gasteiger partial charge in [-0.2, -0.15) is 5.10 Å². The molecule has 18 heavy (non-hydrogen) atoms. The van der Waals surface area contributed by atoms with Crippen LogP contribution in [0.2, 0.25) is 0 Å². The summed E-state index contributed by atoms with van der Waals surface area (Å²) in [6, 6.07) is 6.75. The lowest BCUT2D eigenvalue weighted by Crippen LogP contribution is -2.22. The first kappa shape index (κ1) is 13.3. The van der Waals surface area contributed by atoms with E-state index in [-0.39, 0.29) is 0 Å². The summed E-state index contributed by atoms with van der Waals surface area (Å²) in [5, 5.41) is 7.82. The zero-order chi connectivity index (χ0) is 13.1. The Bertz CT molecular complexity index is 532. The average molecular weight is 308 g/mol. The van der Waals surface area contributed by atoms with Gasteiger partial charge in [-0.25, -0.2) is 4.68 Å². The van der Waals surface area contributed by atoms with Crippen LogP contribution in [0.4, 0.5) is 0 Å². The van der Waals surface area contributed by atoms with Gasteiger partial charge >= 0.3 is 0 Å². The number of hydrogen-bond donors (Lipinski definition) is 1. The minimum Gasteiger partial charge on any atom is -0.310 e. The summed E-state index contributed by atoms with van der Waals surface area (Å²) in [6.45, 7) is 7.19. The van der Waals surface area contributed by atoms with Gasteiger partial charge in [-0.3, -0.25) is 0 Å². The van der Waals surface area contributed by atoms with Crippen molar-refractivity contribution in [2.24, 2.45) is 0 Å². The molecule has 0 aliphatic carbocycles. The molecular weight excluding hydrogens is 290 g/mol. The number of aromatic nitrogens is 2. The van der Waals surface area contributed by atoms with Gasteiger partial charge in [0.25, 0.3) is 0 Å². The van der Waals surface area contributed by atoms with Crippen molar-refractivity contribution in [3.8, 4) is 5.69 Å². The third-order valence-corrected chi connectivity index (χ3v) is 3.19. The Balaban J connectivity index is 2.34. The number of rotatable bonds is 4. The molecule has 0 unspecified atom stereocenters. The lowest BCUT2D eigenvalue weighted by atomic mass is 10.1. The van der Waals surface area contributed by atoms with Gasteiger partial charge in [-0.05, 0) is 36.2 Å². The van der Waals surface area contributed by atoms with Crippen molar-refractivity contribution in [2.75, 3.05) is 0 Å². The van der Waals surface area contributed by atoms with Gasteiger partial charge in [-0.15, -0.1) is 0 Å². The first-order valence-corrected chi connectivity index (χ1v) is 6.89. The van der Waals surface area contributed by atoms with Gasteiger partial charge in [0, 0.05) is 23.3 Å². The highest BCUT2D eigenvalue weighted by atomic mass is 79.9. The number of benzene rings is 1. The molecule has 1 aromatic heterocycles. The molecule has 0 saturated carbocycles. The van der Waals surface area contributed by atoms with Crippen molar-refractivity contribution in [2.45, 2.75) is 33.4 Å². The van der Waals surface area contributed by atoms with E-state index in [1.54, 1.807) is 0 Å². The molecule has 96 valence electrons. The highest BCUT2D eigenvalue weighted by Gasteiger charge is 2.07. The zero-order valence-electron chi connectivity index (χ0n) is 10.9. The Labute approximate surface area is 116 Å². The largest absolute Gasteiger partial charge is 0.310 e. The van der Waals surface area contributed by atoms with Crippen molar-refractivity contribution in [1.29, 1.82) is 0 Å². The Morgan fingerprint density at radius 2 is 2.17 bits per heavy atom. The van der Waals surface area contributed by atoms with Crippen LogP contribution in [-0.4, -0.2) is 15.8 Å². The molecule has 3 nitrogen and oxygen atoms in total. The Morgan fingerprint density at radius 1 is 1.39 bits per heavy atom. The molecule has 4 heteroatoms. The predicted octanol–water partition coefficient (Wildman–Crippen LogP) is 3.44. The van der Waals surface area contributed by atoms with Gasteiger partial charge in [0.05, 0.1) is 11.9 Å². The fourth-order valence-corrected chi connectivity index (χ4v) is 2.19. The molecule has 0 amide bonds. The molecular formula is C14H18BrN3. The number of nitrogens with zero attached hydrogens (tertiary/aromatic N) is 2. The van der Waals surface area contributed by atoms with E-state index in [4.69, 9.17) is 0 Å². The third-order valence-electron chi connectivity index (χ3n) is 2.70. The van der Waals surface area contributed by atoms with Crippen molar-refractivity contribution in [3.05, 3.63) is 46.2 Å². The minimum absolute atomic E-state index is 0.469. The summed E-state index contributed by atoms with van der Waals surface area (Å²) >= 11 is 3.52. The van der Waals surface area contributed by atoms with E-state index in [2.05, 4.69) is 52.3 Å². The van der Waals surface area contributed by atoms with Crippen LogP contribution in [0.5, 0.6) is 0 Å². The maximum atomic E-state index is 4.38. The van der Waals surface area contributed by atoms with Crippen molar-refractivity contribution in [3.63, 3.8) is 0 Å². The summed E-state index contributed by atoms with van der Waals surface area (Å²) in [6.07, 6.45) is 3.92. The number of hydrogen-bond acceptors (Lipinski definition) is 2. The molecule has 0 saturated heterocycles. The van der Waals surface area contributed by atoms with Crippen LogP contribution in [0.15, 0.2) is 35.1 Å². The second-order valence-corrected chi connectivity index (χ2v) is 5.69. The molecule has 1 aromatic carbocycles. The van der Waals surface area contributed by atoms with Crippen LogP contribution in [0.25, 0.3) is 5.69 Å². The van der Waals surface area contributed by atoms with Gasteiger partial charge in [0.15, 0.2) is 0 Å². The lowest BCUT2D eigenvalue weighted by molar-refractivity contribution is 0.586. The Kier molecular flexibility index (Phi) is 4.19. The normalized spacial score (nSPS) is 11.2. The maximum Gasteiger partial charge on any atom is 0.0691 e. The molecule has 0 bridgehead atoms. The SMILES string of the molecule is Cc1cnn(-c2ccc(Br)cc2CNC(C)C)c1. The molecule has 0 radical (unpaired) electrons. The van der Waals surface area contributed by atoms with Gasteiger partial charge in [-0.1, -0.05) is 29.8 Å².